The van der Waals surface area contributed by atoms with Crippen molar-refractivity contribution in [1.82, 2.24) is 5.32 Å². The molecule has 0 spiro atoms. The van der Waals surface area contributed by atoms with Crippen molar-refractivity contribution in [2.24, 2.45) is 5.92 Å². The molecule has 0 bridgehead atoms. The molecule has 0 unspecified atom stereocenters. The van der Waals surface area contributed by atoms with Gasteiger partial charge in [-0.1, -0.05) is 26.0 Å². The van der Waals surface area contributed by atoms with Crippen LogP contribution < -0.4 is 24.8 Å². The van der Waals surface area contributed by atoms with E-state index in [1.807, 2.05) is 25.1 Å². The maximum Gasteiger partial charge on any atom is 0.244 e. The molecule has 2 aromatic rings. The van der Waals surface area contributed by atoms with Crippen molar-refractivity contribution in [3.63, 3.8) is 0 Å². The van der Waals surface area contributed by atoms with Gasteiger partial charge in [-0.05, 0) is 54.3 Å². The average Bonchev–Trinajstić information content (AvgIpc) is 2.75. The van der Waals surface area contributed by atoms with Crippen molar-refractivity contribution >= 4 is 23.6 Å². The summed E-state index contributed by atoms with van der Waals surface area (Å²) in [4.78, 5) is 24.3. The number of hydrogen-bond acceptors (Lipinski definition) is 5. The fourth-order valence-corrected chi connectivity index (χ4v) is 2.68. The Labute approximate surface area is 183 Å². The summed E-state index contributed by atoms with van der Waals surface area (Å²) in [6.07, 6.45) is 3.01. The summed E-state index contributed by atoms with van der Waals surface area (Å²) in [5, 5.41) is 5.30. The minimum Gasteiger partial charge on any atom is -0.495 e. The second kappa shape index (κ2) is 11.6. The zero-order valence-electron chi connectivity index (χ0n) is 18.7. The van der Waals surface area contributed by atoms with Crippen molar-refractivity contribution in [3.8, 4) is 17.2 Å². The van der Waals surface area contributed by atoms with Crippen molar-refractivity contribution < 1.29 is 23.8 Å². The number of amides is 2. The van der Waals surface area contributed by atoms with E-state index in [9.17, 15) is 9.59 Å². The largest absolute Gasteiger partial charge is 0.495 e. The van der Waals surface area contributed by atoms with Gasteiger partial charge in [-0.2, -0.15) is 0 Å². The highest BCUT2D eigenvalue weighted by molar-refractivity contribution is 5.98. The Morgan fingerprint density at radius 2 is 1.71 bits per heavy atom. The minimum absolute atomic E-state index is 0.161. The number of rotatable bonds is 10. The summed E-state index contributed by atoms with van der Waals surface area (Å²) in [6.45, 7) is 6.48. The quantitative estimate of drug-likeness (QED) is 0.564. The first-order valence-corrected chi connectivity index (χ1v) is 10.0. The highest BCUT2D eigenvalue weighted by Gasteiger charge is 2.09. The first kappa shape index (κ1) is 23.8. The second-order valence-electron chi connectivity index (χ2n) is 7.42. The monoisotopic (exact) mass is 426 g/mol. The molecule has 166 valence electrons. The van der Waals surface area contributed by atoms with Crippen LogP contribution in [0.5, 0.6) is 17.2 Å². The summed E-state index contributed by atoms with van der Waals surface area (Å²) >= 11 is 0. The normalized spacial score (nSPS) is 10.8. The molecule has 2 amide bonds. The summed E-state index contributed by atoms with van der Waals surface area (Å²) < 4.78 is 16.3. The Hall–Kier alpha value is -3.48. The lowest BCUT2D eigenvalue weighted by molar-refractivity contribution is -0.121. The third kappa shape index (κ3) is 7.70. The van der Waals surface area contributed by atoms with Gasteiger partial charge in [0.05, 0.1) is 33.1 Å². The van der Waals surface area contributed by atoms with E-state index in [1.54, 1.807) is 31.4 Å². The first-order valence-electron chi connectivity index (χ1n) is 10.0. The number of carbonyl (C=O) groups is 2. The van der Waals surface area contributed by atoms with E-state index in [1.165, 1.54) is 13.2 Å². The van der Waals surface area contributed by atoms with Gasteiger partial charge in [0.1, 0.15) is 5.75 Å². The van der Waals surface area contributed by atoms with Crippen LogP contribution >= 0.6 is 0 Å². The van der Waals surface area contributed by atoms with Gasteiger partial charge in [0, 0.05) is 6.08 Å². The second-order valence-corrected chi connectivity index (χ2v) is 7.42. The maximum atomic E-state index is 12.2. The third-order valence-corrected chi connectivity index (χ3v) is 4.24. The predicted molar refractivity (Wildman–Crippen MR) is 122 cm³/mol. The molecule has 0 aliphatic rings. The molecule has 0 aromatic heterocycles. The van der Waals surface area contributed by atoms with Crippen LogP contribution in [0.4, 0.5) is 5.69 Å². The Morgan fingerprint density at radius 3 is 2.39 bits per heavy atom. The zero-order chi connectivity index (χ0) is 22.8. The van der Waals surface area contributed by atoms with Crippen molar-refractivity contribution in [2.75, 3.05) is 32.7 Å². The van der Waals surface area contributed by atoms with Crippen LogP contribution in [0, 0.1) is 12.8 Å². The SMILES string of the molecule is COc1ccc(C)cc1NC(=O)CNC(=O)/C=C/c1ccc(OCC(C)C)c(OC)c1. The lowest BCUT2D eigenvalue weighted by atomic mass is 10.2. The van der Waals surface area contributed by atoms with Gasteiger partial charge in [0.25, 0.3) is 0 Å². The zero-order valence-corrected chi connectivity index (χ0v) is 18.7. The van der Waals surface area contributed by atoms with Gasteiger partial charge in [0.2, 0.25) is 11.8 Å². The number of aryl methyl sites for hydroxylation is 1. The van der Waals surface area contributed by atoms with Crippen LogP contribution in [0.15, 0.2) is 42.5 Å². The van der Waals surface area contributed by atoms with Gasteiger partial charge in [-0.25, -0.2) is 0 Å². The van der Waals surface area contributed by atoms with Crippen LogP contribution in [0.1, 0.15) is 25.0 Å². The smallest absolute Gasteiger partial charge is 0.244 e. The van der Waals surface area contributed by atoms with Crippen LogP contribution in [-0.4, -0.2) is 39.2 Å². The fourth-order valence-electron chi connectivity index (χ4n) is 2.68. The topological polar surface area (TPSA) is 85.9 Å². The number of methoxy groups -OCH3 is 2. The van der Waals surface area contributed by atoms with Crippen LogP contribution in [-0.2, 0) is 9.59 Å². The molecule has 31 heavy (non-hydrogen) atoms. The Morgan fingerprint density at radius 1 is 1.00 bits per heavy atom. The summed E-state index contributed by atoms with van der Waals surface area (Å²) in [5.41, 5.74) is 2.32. The molecule has 0 heterocycles. The third-order valence-electron chi connectivity index (χ3n) is 4.24. The van der Waals surface area contributed by atoms with E-state index in [4.69, 9.17) is 14.2 Å². The molecule has 0 aliphatic carbocycles. The lowest BCUT2D eigenvalue weighted by Crippen LogP contribution is -2.31. The molecule has 0 saturated carbocycles. The standard InChI is InChI=1S/C24H30N2O5/c1-16(2)15-31-21-10-7-18(13-22(21)30-5)8-11-23(27)25-14-24(28)26-19-12-17(3)6-9-20(19)29-4/h6-13,16H,14-15H2,1-5H3,(H,25,27)(H,26,28)/b11-8+. The fraction of sp³-hybridized carbons (Fsp3) is 0.333. The van der Waals surface area contributed by atoms with E-state index in [2.05, 4.69) is 24.5 Å². The van der Waals surface area contributed by atoms with Gasteiger partial charge in [0.15, 0.2) is 11.5 Å². The average molecular weight is 427 g/mol. The summed E-state index contributed by atoms with van der Waals surface area (Å²) in [5.74, 6) is 1.47. The van der Waals surface area contributed by atoms with Crippen LogP contribution in [0.25, 0.3) is 6.08 Å². The van der Waals surface area contributed by atoms with Gasteiger partial charge in [-0.15, -0.1) is 0 Å². The molecule has 7 heteroatoms. The molecule has 0 fully saturated rings. The Kier molecular flexibility index (Phi) is 8.94. The number of nitrogens with one attached hydrogen (secondary N) is 2. The number of benzene rings is 2. The maximum absolute atomic E-state index is 12.2. The van der Waals surface area contributed by atoms with Crippen LogP contribution in [0.3, 0.4) is 0 Å². The van der Waals surface area contributed by atoms with Gasteiger partial charge < -0.3 is 24.8 Å². The Balaban J connectivity index is 1.90. The van der Waals surface area contributed by atoms with Gasteiger partial charge >= 0.3 is 0 Å². The van der Waals surface area contributed by atoms with E-state index in [-0.39, 0.29) is 18.4 Å². The Bertz CT molecular complexity index is 938. The summed E-state index contributed by atoms with van der Waals surface area (Å²) in [7, 11) is 3.10. The molecule has 0 aliphatic heterocycles. The molecule has 0 radical (unpaired) electrons. The molecule has 2 N–H and O–H groups in total. The van der Waals surface area contributed by atoms with E-state index in [0.29, 0.717) is 35.5 Å². The number of hydrogen-bond donors (Lipinski definition) is 2. The number of ether oxygens (including phenoxy) is 3. The molecule has 0 saturated heterocycles. The van der Waals surface area contributed by atoms with Crippen molar-refractivity contribution in [2.45, 2.75) is 20.8 Å². The van der Waals surface area contributed by atoms with E-state index < -0.39 is 0 Å². The number of anilines is 1. The lowest BCUT2D eigenvalue weighted by Gasteiger charge is -2.12. The molecule has 7 nitrogen and oxygen atoms in total. The van der Waals surface area contributed by atoms with E-state index >= 15 is 0 Å². The van der Waals surface area contributed by atoms with E-state index in [0.717, 1.165) is 11.1 Å². The van der Waals surface area contributed by atoms with Crippen LogP contribution in [0.2, 0.25) is 0 Å². The van der Waals surface area contributed by atoms with Crippen molar-refractivity contribution in [1.29, 1.82) is 0 Å². The van der Waals surface area contributed by atoms with Crippen molar-refractivity contribution in [3.05, 3.63) is 53.6 Å². The molecule has 2 aromatic carbocycles. The molecular weight excluding hydrogens is 396 g/mol. The summed E-state index contributed by atoms with van der Waals surface area (Å²) in [6, 6.07) is 10.9. The van der Waals surface area contributed by atoms with Gasteiger partial charge in [-0.3, -0.25) is 9.59 Å². The highest BCUT2D eigenvalue weighted by atomic mass is 16.5. The highest BCUT2D eigenvalue weighted by Crippen LogP contribution is 2.29. The molecular formula is C24H30N2O5. The molecule has 0 atom stereocenters. The first-order chi connectivity index (χ1) is 14.8. The minimum atomic E-state index is -0.384. The molecule has 2 rings (SSSR count). The predicted octanol–water partition coefficient (Wildman–Crippen LogP) is 3.82. The number of carbonyl (C=O) groups excluding carboxylic acids is 2.